The summed E-state index contributed by atoms with van der Waals surface area (Å²) in [5, 5.41) is 10.1. The predicted octanol–water partition coefficient (Wildman–Crippen LogP) is 3.85. The molecule has 1 unspecified atom stereocenters. The molecule has 1 aliphatic heterocycles. The van der Waals surface area contributed by atoms with Gasteiger partial charge in [-0.15, -0.1) is 0 Å². The van der Waals surface area contributed by atoms with Crippen molar-refractivity contribution in [1.82, 2.24) is 10.4 Å². The topological polar surface area (TPSA) is 95.9 Å². The highest BCUT2D eigenvalue weighted by Gasteiger charge is 2.34. The zero-order valence-corrected chi connectivity index (χ0v) is 18.7. The van der Waals surface area contributed by atoms with Crippen LogP contribution in [0.4, 0.5) is 0 Å². The number of hydrazine groups is 1. The first-order valence-corrected chi connectivity index (χ1v) is 10.6. The Kier molecular flexibility index (Phi) is 6.91. The number of thioether (sulfide) groups is 1. The largest absolute Gasteiger partial charge is 0.479 e. The van der Waals surface area contributed by atoms with Crippen LogP contribution in [0, 0.1) is 0 Å². The van der Waals surface area contributed by atoms with Crippen LogP contribution in [0.15, 0.2) is 57.9 Å². The predicted molar refractivity (Wildman–Crippen MR) is 121 cm³/mol. The molecule has 7 nitrogen and oxygen atoms in total. The maximum Gasteiger partial charge on any atom is 0.344 e. The Hall–Kier alpha value is -2.69. The van der Waals surface area contributed by atoms with Crippen LogP contribution in [-0.4, -0.2) is 38.3 Å². The van der Waals surface area contributed by atoms with Gasteiger partial charge in [-0.25, -0.2) is 4.79 Å². The van der Waals surface area contributed by atoms with Gasteiger partial charge in [0.1, 0.15) is 5.75 Å². The van der Waals surface area contributed by atoms with Gasteiger partial charge in [-0.05, 0) is 55.5 Å². The second-order valence-corrected chi connectivity index (χ2v) is 8.69. The van der Waals surface area contributed by atoms with Gasteiger partial charge in [0.05, 0.1) is 4.91 Å². The number of carboxylic acids is 1. The summed E-state index contributed by atoms with van der Waals surface area (Å²) in [6, 6.07) is 13.4. The van der Waals surface area contributed by atoms with Crippen molar-refractivity contribution in [1.29, 1.82) is 0 Å². The number of nitrogens with zero attached hydrogens (tertiary/aromatic N) is 1. The lowest BCUT2D eigenvalue weighted by Gasteiger charge is -2.15. The Labute approximate surface area is 190 Å². The van der Waals surface area contributed by atoms with Crippen LogP contribution < -0.4 is 10.2 Å². The van der Waals surface area contributed by atoms with Crippen molar-refractivity contribution >= 4 is 68.1 Å². The van der Waals surface area contributed by atoms with Gasteiger partial charge >= 0.3 is 5.97 Å². The highest BCUT2D eigenvalue weighted by Crippen LogP contribution is 2.33. The minimum absolute atomic E-state index is 0.175. The lowest BCUT2D eigenvalue weighted by atomic mass is 10.2. The van der Waals surface area contributed by atoms with E-state index in [-0.39, 0.29) is 9.23 Å². The van der Waals surface area contributed by atoms with Crippen LogP contribution >= 0.6 is 39.9 Å². The molecule has 1 fully saturated rings. The van der Waals surface area contributed by atoms with E-state index in [1.165, 1.54) is 6.92 Å². The fraction of sp³-hybridized carbons (Fsp3) is 0.100. The molecule has 0 aliphatic carbocycles. The van der Waals surface area contributed by atoms with Gasteiger partial charge in [0, 0.05) is 15.6 Å². The highest BCUT2D eigenvalue weighted by atomic mass is 79.9. The number of carboxylic acid groups (broad SMARTS) is 1. The van der Waals surface area contributed by atoms with Crippen molar-refractivity contribution in [2.45, 2.75) is 13.0 Å². The Morgan fingerprint density at radius 2 is 1.90 bits per heavy atom. The number of benzene rings is 2. The number of carbonyl (C=O) groups excluding carboxylic acids is 2. The van der Waals surface area contributed by atoms with Crippen LogP contribution in [0.5, 0.6) is 5.75 Å². The highest BCUT2D eigenvalue weighted by molar-refractivity contribution is 9.10. The second kappa shape index (κ2) is 9.41. The smallest absolute Gasteiger partial charge is 0.344 e. The van der Waals surface area contributed by atoms with Gasteiger partial charge in [-0.2, -0.15) is 5.01 Å². The minimum atomic E-state index is -1.10. The van der Waals surface area contributed by atoms with Crippen LogP contribution in [0.1, 0.15) is 22.8 Å². The van der Waals surface area contributed by atoms with Gasteiger partial charge < -0.3 is 9.84 Å². The number of aliphatic carboxylic acids is 1. The van der Waals surface area contributed by atoms with E-state index >= 15 is 0 Å². The van der Waals surface area contributed by atoms with Gasteiger partial charge in [0.15, 0.2) is 10.4 Å². The molecule has 1 heterocycles. The molecular weight excluding hydrogens is 492 g/mol. The molecule has 30 heavy (non-hydrogen) atoms. The first-order chi connectivity index (χ1) is 14.3. The average Bonchev–Trinajstić information content (AvgIpc) is 2.97. The second-order valence-electron chi connectivity index (χ2n) is 6.10. The Morgan fingerprint density at radius 1 is 1.23 bits per heavy atom. The minimum Gasteiger partial charge on any atom is -0.479 e. The number of para-hydroxylation sites is 1. The quantitative estimate of drug-likeness (QED) is 0.453. The first kappa shape index (κ1) is 22.0. The Morgan fingerprint density at radius 3 is 2.57 bits per heavy atom. The van der Waals surface area contributed by atoms with Gasteiger partial charge in [0.25, 0.3) is 11.8 Å². The molecule has 1 atom stereocenters. The molecule has 0 bridgehead atoms. The molecule has 0 saturated carbocycles. The summed E-state index contributed by atoms with van der Waals surface area (Å²) in [4.78, 5) is 36.5. The zero-order valence-electron chi connectivity index (χ0n) is 15.5. The maximum atomic E-state index is 12.8. The van der Waals surface area contributed by atoms with Crippen molar-refractivity contribution in [2.24, 2.45) is 0 Å². The van der Waals surface area contributed by atoms with E-state index < -0.39 is 23.9 Å². The van der Waals surface area contributed by atoms with Crippen LogP contribution in [0.25, 0.3) is 6.08 Å². The number of nitrogens with one attached hydrogen (secondary N) is 1. The van der Waals surface area contributed by atoms with E-state index in [4.69, 9.17) is 22.1 Å². The van der Waals surface area contributed by atoms with E-state index in [0.717, 1.165) is 21.2 Å². The van der Waals surface area contributed by atoms with E-state index in [9.17, 15) is 14.4 Å². The molecule has 2 aromatic carbocycles. The van der Waals surface area contributed by atoms with Crippen molar-refractivity contribution in [2.75, 3.05) is 0 Å². The first-order valence-electron chi connectivity index (χ1n) is 8.59. The maximum absolute atomic E-state index is 12.8. The van der Waals surface area contributed by atoms with Gasteiger partial charge in [0.2, 0.25) is 0 Å². The number of hydrogen-bond acceptors (Lipinski definition) is 6. The number of ether oxygens (including phenoxy) is 1. The molecule has 2 N–H and O–H groups in total. The molecule has 2 amide bonds. The van der Waals surface area contributed by atoms with Crippen LogP contribution in [0.3, 0.4) is 0 Å². The summed E-state index contributed by atoms with van der Waals surface area (Å²) in [6.45, 7) is 1.41. The van der Waals surface area contributed by atoms with Crippen molar-refractivity contribution in [3.8, 4) is 5.75 Å². The number of amides is 2. The number of carbonyl (C=O) groups is 3. The third-order valence-electron chi connectivity index (χ3n) is 3.97. The van der Waals surface area contributed by atoms with Crippen molar-refractivity contribution in [3.05, 3.63) is 69.0 Å². The fourth-order valence-corrected chi connectivity index (χ4v) is 3.86. The third kappa shape index (κ3) is 5.07. The molecule has 154 valence electrons. The molecule has 1 aliphatic rings. The number of rotatable bonds is 6. The number of thiocarbonyl (C=S) groups is 1. The third-order valence-corrected chi connectivity index (χ3v) is 5.80. The fourth-order valence-electron chi connectivity index (χ4n) is 2.42. The SMILES string of the molecule is CC(Oc1ccccc1/C=C1/SC(=S)N(NC(=O)c2ccc(Br)cc2)C1=O)C(=O)O. The van der Waals surface area contributed by atoms with Crippen LogP contribution in [0.2, 0.25) is 0 Å². The summed E-state index contributed by atoms with van der Waals surface area (Å²) >= 11 is 9.56. The summed E-state index contributed by atoms with van der Waals surface area (Å²) in [6.07, 6.45) is 0.494. The molecular formula is C20H15BrN2O5S2. The molecule has 0 spiro atoms. The number of hydrogen-bond donors (Lipinski definition) is 2. The van der Waals surface area contributed by atoms with Gasteiger partial charge in [-0.1, -0.05) is 45.9 Å². The average molecular weight is 507 g/mol. The van der Waals surface area contributed by atoms with E-state index in [1.54, 1.807) is 54.6 Å². The Balaban J connectivity index is 1.79. The standard InChI is InChI=1S/C20H15BrN2O5S2/c1-11(19(26)27)28-15-5-3-2-4-13(15)10-16-18(25)23(20(29)30-16)22-17(24)12-6-8-14(21)9-7-12/h2-11H,1H3,(H,22,24)(H,26,27)/b16-10+. The van der Waals surface area contributed by atoms with E-state index in [1.807, 2.05) is 0 Å². The van der Waals surface area contributed by atoms with Crippen molar-refractivity contribution in [3.63, 3.8) is 0 Å². The van der Waals surface area contributed by atoms with E-state index in [0.29, 0.717) is 16.9 Å². The van der Waals surface area contributed by atoms with E-state index in [2.05, 4.69) is 21.4 Å². The van der Waals surface area contributed by atoms with Crippen LogP contribution in [-0.2, 0) is 9.59 Å². The molecule has 0 radical (unpaired) electrons. The zero-order chi connectivity index (χ0) is 21.8. The van der Waals surface area contributed by atoms with Gasteiger partial charge in [-0.3, -0.25) is 15.0 Å². The molecule has 1 saturated heterocycles. The monoisotopic (exact) mass is 506 g/mol. The lowest BCUT2D eigenvalue weighted by Crippen LogP contribution is -2.44. The number of halogens is 1. The summed E-state index contributed by atoms with van der Waals surface area (Å²) < 4.78 is 6.45. The Bertz CT molecular complexity index is 1060. The summed E-state index contributed by atoms with van der Waals surface area (Å²) in [5.41, 5.74) is 3.40. The lowest BCUT2D eigenvalue weighted by molar-refractivity contribution is -0.144. The molecule has 0 aromatic heterocycles. The normalized spacial score (nSPS) is 15.9. The summed E-state index contributed by atoms with van der Waals surface area (Å²) in [5.74, 6) is -1.75. The molecule has 2 aromatic rings. The summed E-state index contributed by atoms with van der Waals surface area (Å²) in [7, 11) is 0. The van der Waals surface area contributed by atoms with Crippen molar-refractivity contribution < 1.29 is 24.2 Å². The molecule has 10 heteroatoms. The molecule has 3 rings (SSSR count).